The fourth-order valence-corrected chi connectivity index (χ4v) is 1.64. The van der Waals surface area contributed by atoms with Crippen LogP contribution in [0.2, 0.25) is 0 Å². The van der Waals surface area contributed by atoms with Crippen LogP contribution in [0.4, 0.5) is 0 Å². The van der Waals surface area contributed by atoms with Gasteiger partial charge in [0.15, 0.2) is 0 Å². The Hall–Kier alpha value is -1.27. The summed E-state index contributed by atoms with van der Waals surface area (Å²) in [6.07, 6.45) is 1.43. The summed E-state index contributed by atoms with van der Waals surface area (Å²) in [7, 11) is -0.548. The lowest BCUT2D eigenvalue weighted by molar-refractivity contribution is 0.00578. The van der Waals surface area contributed by atoms with Gasteiger partial charge in [0.1, 0.15) is 0 Å². The summed E-state index contributed by atoms with van der Waals surface area (Å²) in [6, 6.07) is 1.53. The van der Waals surface area contributed by atoms with Gasteiger partial charge < -0.3 is 19.4 Å². The molecule has 0 unspecified atom stereocenters. The average molecular weight is 237 g/mol. The van der Waals surface area contributed by atoms with Gasteiger partial charge in [-0.15, -0.1) is 0 Å². The maximum atomic E-state index is 10.8. The molecule has 1 aromatic heterocycles. The lowest BCUT2D eigenvalue weighted by Gasteiger charge is -2.32. The number of carboxylic acid groups (broad SMARTS) is 1. The first kappa shape index (κ1) is 12.2. The molecule has 0 radical (unpaired) electrons. The summed E-state index contributed by atoms with van der Waals surface area (Å²) in [6.45, 7) is 7.81. The third-order valence-corrected chi connectivity index (χ3v) is 3.46. The van der Waals surface area contributed by atoms with E-state index in [4.69, 9.17) is 14.4 Å². The average Bonchev–Trinajstić information content (AvgIpc) is 2.70. The molecule has 0 spiro atoms. The molecule has 1 aliphatic heterocycles. The second-order valence-corrected chi connectivity index (χ2v) is 5.24. The second kappa shape index (κ2) is 3.61. The Morgan fingerprint density at radius 2 is 1.82 bits per heavy atom. The van der Waals surface area contributed by atoms with Gasteiger partial charge >= 0.3 is 13.1 Å². The van der Waals surface area contributed by atoms with Crippen LogP contribution in [-0.4, -0.2) is 34.4 Å². The molecular weight excluding hydrogens is 221 g/mol. The molecule has 1 aliphatic rings. The molecular formula is C11H16BNO4. The number of nitrogens with one attached hydrogen (secondary N) is 1. The zero-order valence-electron chi connectivity index (χ0n) is 10.4. The Balaban J connectivity index is 2.23. The van der Waals surface area contributed by atoms with Crippen LogP contribution in [0.25, 0.3) is 0 Å². The van der Waals surface area contributed by atoms with Crippen molar-refractivity contribution in [3.8, 4) is 0 Å². The maximum absolute atomic E-state index is 10.8. The highest BCUT2D eigenvalue weighted by Crippen LogP contribution is 2.36. The van der Waals surface area contributed by atoms with E-state index in [1.807, 2.05) is 27.7 Å². The summed E-state index contributed by atoms with van der Waals surface area (Å²) < 4.78 is 11.6. The third-order valence-electron chi connectivity index (χ3n) is 3.46. The molecule has 92 valence electrons. The largest absolute Gasteiger partial charge is 0.512 e. The molecule has 1 saturated heterocycles. The first-order valence-corrected chi connectivity index (χ1v) is 5.50. The molecule has 2 rings (SSSR count). The van der Waals surface area contributed by atoms with E-state index in [0.29, 0.717) is 5.59 Å². The van der Waals surface area contributed by atoms with Crippen LogP contribution < -0.4 is 5.59 Å². The minimum absolute atomic E-state index is 0.203. The first-order chi connectivity index (χ1) is 7.73. The Bertz CT molecular complexity index is 436. The normalized spacial score (nSPS) is 21.8. The molecule has 0 atom stereocenters. The topological polar surface area (TPSA) is 71.5 Å². The molecule has 17 heavy (non-hydrogen) atoms. The Kier molecular flexibility index (Phi) is 2.59. The second-order valence-electron chi connectivity index (χ2n) is 5.24. The van der Waals surface area contributed by atoms with Gasteiger partial charge in [-0.05, 0) is 33.8 Å². The zero-order chi connectivity index (χ0) is 12.8. The Morgan fingerprint density at radius 3 is 2.24 bits per heavy atom. The van der Waals surface area contributed by atoms with E-state index in [9.17, 15) is 4.79 Å². The fraction of sp³-hybridized carbons (Fsp3) is 0.545. The van der Waals surface area contributed by atoms with Crippen LogP contribution in [-0.2, 0) is 9.31 Å². The van der Waals surface area contributed by atoms with E-state index in [1.165, 1.54) is 12.3 Å². The highest BCUT2D eigenvalue weighted by Gasteiger charge is 2.52. The summed E-state index contributed by atoms with van der Waals surface area (Å²) >= 11 is 0. The van der Waals surface area contributed by atoms with Crippen molar-refractivity contribution in [1.29, 1.82) is 0 Å². The van der Waals surface area contributed by atoms with E-state index in [1.54, 1.807) is 0 Å². The fourth-order valence-electron chi connectivity index (χ4n) is 1.64. The van der Waals surface area contributed by atoms with Crippen molar-refractivity contribution in [3.05, 3.63) is 17.8 Å². The number of H-pyrrole nitrogens is 1. The van der Waals surface area contributed by atoms with Crippen molar-refractivity contribution in [2.75, 3.05) is 0 Å². The maximum Gasteiger partial charge on any atom is 0.512 e. The van der Waals surface area contributed by atoms with Crippen LogP contribution in [0.3, 0.4) is 0 Å². The summed E-state index contributed by atoms with van der Waals surface area (Å²) in [5, 5.41) is 8.84. The van der Waals surface area contributed by atoms with Crippen molar-refractivity contribution in [2.24, 2.45) is 0 Å². The van der Waals surface area contributed by atoms with Gasteiger partial charge in [-0.2, -0.15) is 0 Å². The molecule has 0 saturated carbocycles. The number of hydrogen-bond donors (Lipinski definition) is 2. The van der Waals surface area contributed by atoms with Crippen LogP contribution in [0.15, 0.2) is 12.3 Å². The third kappa shape index (κ3) is 1.98. The molecule has 6 heteroatoms. The highest BCUT2D eigenvalue weighted by atomic mass is 16.7. The summed E-state index contributed by atoms with van der Waals surface area (Å²) in [5.41, 5.74) is -0.0195. The first-order valence-electron chi connectivity index (χ1n) is 5.50. The van der Waals surface area contributed by atoms with Gasteiger partial charge in [0, 0.05) is 11.8 Å². The molecule has 2 heterocycles. The molecule has 1 fully saturated rings. The number of carboxylic acids is 1. The SMILES string of the molecule is CC1(C)OB(c2cc(C(=O)O)c[nH]2)OC1(C)C. The van der Waals surface area contributed by atoms with Gasteiger partial charge in [-0.25, -0.2) is 4.79 Å². The highest BCUT2D eigenvalue weighted by molar-refractivity contribution is 6.61. The number of aromatic amines is 1. The molecule has 1 aromatic rings. The number of aromatic nitrogens is 1. The van der Waals surface area contributed by atoms with E-state index in [-0.39, 0.29) is 5.56 Å². The van der Waals surface area contributed by atoms with Crippen LogP contribution in [0.5, 0.6) is 0 Å². The van der Waals surface area contributed by atoms with Gasteiger partial charge in [-0.3, -0.25) is 0 Å². The van der Waals surface area contributed by atoms with Crippen LogP contribution >= 0.6 is 0 Å². The quantitative estimate of drug-likeness (QED) is 0.753. The van der Waals surface area contributed by atoms with E-state index >= 15 is 0 Å². The monoisotopic (exact) mass is 237 g/mol. The summed E-state index contributed by atoms with van der Waals surface area (Å²) in [5.74, 6) is -0.969. The van der Waals surface area contributed by atoms with Crippen molar-refractivity contribution in [2.45, 2.75) is 38.9 Å². The predicted octanol–water partition coefficient (Wildman–Crippen LogP) is 1.01. The number of carbonyl (C=O) groups is 1. The minimum atomic E-state index is -0.969. The number of aromatic carboxylic acids is 1. The molecule has 2 N–H and O–H groups in total. The Morgan fingerprint density at radius 1 is 1.29 bits per heavy atom. The molecule has 0 aliphatic carbocycles. The van der Waals surface area contributed by atoms with E-state index in [2.05, 4.69) is 4.98 Å². The number of rotatable bonds is 2. The minimum Gasteiger partial charge on any atom is -0.478 e. The van der Waals surface area contributed by atoms with Crippen LogP contribution in [0, 0.1) is 0 Å². The smallest absolute Gasteiger partial charge is 0.478 e. The summed E-state index contributed by atoms with van der Waals surface area (Å²) in [4.78, 5) is 13.7. The molecule has 0 bridgehead atoms. The van der Waals surface area contributed by atoms with Gasteiger partial charge in [0.2, 0.25) is 0 Å². The standard InChI is InChI=1S/C11H16BNO4/c1-10(2)11(3,4)17-12(16-10)8-5-7(6-13-8)9(14)15/h5-6,13H,1-4H3,(H,14,15). The lowest BCUT2D eigenvalue weighted by Crippen LogP contribution is -2.41. The van der Waals surface area contributed by atoms with E-state index < -0.39 is 24.3 Å². The van der Waals surface area contributed by atoms with Crippen molar-refractivity contribution >= 4 is 18.7 Å². The number of hydrogen-bond acceptors (Lipinski definition) is 3. The van der Waals surface area contributed by atoms with Gasteiger partial charge in [-0.1, -0.05) is 0 Å². The molecule has 0 amide bonds. The van der Waals surface area contributed by atoms with Gasteiger partial charge in [0.25, 0.3) is 0 Å². The molecule has 0 aromatic carbocycles. The van der Waals surface area contributed by atoms with Crippen LogP contribution in [0.1, 0.15) is 38.1 Å². The van der Waals surface area contributed by atoms with Crippen molar-refractivity contribution in [1.82, 2.24) is 4.98 Å². The predicted molar refractivity (Wildman–Crippen MR) is 63.5 cm³/mol. The van der Waals surface area contributed by atoms with Gasteiger partial charge in [0.05, 0.1) is 16.8 Å². The van der Waals surface area contributed by atoms with Crippen molar-refractivity contribution in [3.63, 3.8) is 0 Å². The zero-order valence-corrected chi connectivity index (χ0v) is 10.4. The van der Waals surface area contributed by atoms with Crippen molar-refractivity contribution < 1.29 is 19.2 Å². The Labute approximate surface area is 100 Å². The molecule has 5 nitrogen and oxygen atoms in total. The lowest BCUT2D eigenvalue weighted by atomic mass is 9.85. The van der Waals surface area contributed by atoms with E-state index in [0.717, 1.165) is 0 Å².